The first-order valence-corrected chi connectivity index (χ1v) is 6.98. The van der Waals surface area contributed by atoms with Gasteiger partial charge in [0.1, 0.15) is 0 Å². The van der Waals surface area contributed by atoms with Crippen molar-refractivity contribution in [2.24, 2.45) is 11.3 Å². The molecule has 1 amide bonds. The Morgan fingerprint density at radius 2 is 2.18 bits per heavy atom. The van der Waals surface area contributed by atoms with Gasteiger partial charge >= 0.3 is 0 Å². The van der Waals surface area contributed by atoms with Gasteiger partial charge in [0.2, 0.25) is 5.91 Å². The molecule has 94 valence electrons. The van der Waals surface area contributed by atoms with E-state index in [1.54, 1.807) is 11.3 Å². The monoisotopic (exact) mass is 252 g/mol. The molecule has 1 aliphatic rings. The molecule has 1 aromatic rings. The van der Waals surface area contributed by atoms with Crippen LogP contribution < -0.4 is 5.32 Å². The van der Waals surface area contributed by atoms with E-state index in [0.29, 0.717) is 0 Å². The van der Waals surface area contributed by atoms with Crippen LogP contribution in [-0.2, 0) is 17.6 Å². The molecular formula is C13H20N2OS. The van der Waals surface area contributed by atoms with Gasteiger partial charge in [0, 0.05) is 10.3 Å². The Morgan fingerprint density at radius 3 is 2.82 bits per heavy atom. The van der Waals surface area contributed by atoms with Crippen LogP contribution >= 0.6 is 11.3 Å². The molecule has 0 aromatic carbocycles. The Hall–Kier alpha value is -0.900. The zero-order valence-electron chi connectivity index (χ0n) is 11.0. The van der Waals surface area contributed by atoms with Gasteiger partial charge in [-0.3, -0.25) is 4.79 Å². The van der Waals surface area contributed by atoms with Crippen LogP contribution in [0.25, 0.3) is 0 Å². The number of amides is 1. The normalized spacial score (nSPS) is 19.9. The van der Waals surface area contributed by atoms with Crippen molar-refractivity contribution < 1.29 is 4.79 Å². The van der Waals surface area contributed by atoms with Crippen molar-refractivity contribution in [1.82, 2.24) is 4.98 Å². The summed E-state index contributed by atoms with van der Waals surface area (Å²) in [6.07, 6.45) is 3.38. The summed E-state index contributed by atoms with van der Waals surface area (Å²) in [6, 6.07) is 0. The first kappa shape index (κ1) is 12.6. The van der Waals surface area contributed by atoms with Crippen molar-refractivity contribution in [1.29, 1.82) is 0 Å². The summed E-state index contributed by atoms with van der Waals surface area (Å²) in [6.45, 7) is 8.02. The topological polar surface area (TPSA) is 42.0 Å². The molecule has 0 radical (unpaired) electrons. The molecule has 2 rings (SSSR count). The van der Waals surface area contributed by atoms with Gasteiger partial charge < -0.3 is 5.32 Å². The number of nitrogens with zero attached hydrogens (tertiary/aromatic N) is 1. The SMILES string of the molecule is C[C@@H]1CCc2nc(NC(=O)C(C)(C)C)sc2C1. The minimum atomic E-state index is -0.362. The van der Waals surface area contributed by atoms with Crippen molar-refractivity contribution in [3.05, 3.63) is 10.6 Å². The molecule has 0 saturated carbocycles. The summed E-state index contributed by atoms with van der Waals surface area (Å²) in [7, 11) is 0. The molecule has 1 N–H and O–H groups in total. The van der Waals surface area contributed by atoms with Crippen LogP contribution in [0.1, 0.15) is 44.7 Å². The predicted octanol–water partition coefficient (Wildman–Crippen LogP) is 3.25. The van der Waals surface area contributed by atoms with Crippen molar-refractivity contribution in [2.45, 2.75) is 47.0 Å². The van der Waals surface area contributed by atoms with E-state index in [2.05, 4.69) is 17.2 Å². The number of anilines is 1. The summed E-state index contributed by atoms with van der Waals surface area (Å²) in [5.74, 6) is 0.783. The fourth-order valence-corrected chi connectivity index (χ4v) is 3.04. The fraction of sp³-hybridized carbons (Fsp3) is 0.692. The van der Waals surface area contributed by atoms with Crippen molar-refractivity contribution in [3.63, 3.8) is 0 Å². The summed E-state index contributed by atoms with van der Waals surface area (Å²) in [5.41, 5.74) is 0.830. The highest BCUT2D eigenvalue weighted by Gasteiger charge is 2.24. The number of hydrogen-bond acceptors (Lipinski definition) is 3. The standard InChI is InChI=1S/C13H20N2OS/c1-8-5-6-9-10(7-8)17-12(14-9)15-11(16)13(2,3)4/h8H,5-7H2,1-4H3,(H,14,15,16)/t8-/m1/s1. The van der Waals surface area contributed by atoms with Crippen LogP contribution in [0.5, 0.6) is 0 Å². The quantitative estimate of drug-likeness (QED) is 0.833. The third-order valence-electron chi connectivity index (χ3n) is 3.09. The lowest BCUT2D eigenvalue weighted by Gasteiger charge is -2.15. The van der Waals surface area contributed by atoms with Gasteiger partial charge in [-0.25, -0.2) is 4.98 Å². The number of fused-ring (bicyclic) bond motifs is 1. The van der Waals surface area contributed by atoms with Gasteiger partial charge in [0.15, 0.2) is 5.13 Å². The van der Waals surface area contributed by atoms with E-state index in [0.717, 1.165) is 23.9 Å². The molecular weight excluding hydrogens is 232 g/mol. The number of rotatable bonds is 1. The first-order valence-electron chi connectivity index (χ1n) is 6.16. The minimum absolute atomic E-state index is 0.0386. The van der Waals surface area contributed by atoms with Gasteiger partial charge in [-0.2, -0.15) is 0 Å². The molecule has 17 heavy (non-hydrogen) atoms. The second kappa shape index (κ2) is 4.41. The average Bonchev–Trinajstić information content (AvgIpc) is 2.57. The maximum atomic E-state index is 11.9. The highest BCUT2D eigenvalue weighted by Crippen LogP contribution is 2.32. The highest BCUT2D eigenvalue weighted by molar-refractivity contribution is 7.15. The minimum Gasteiger partial charge on any atom is -0.302 e. The molecule has 0 saturated heterocycles. The molecule has 1 aliphatic carbocycles. The lowest BCUT2D eigenvalue weighted by Crippen LogP contribution is -2.27. The first-order chi connectivity index (χ1) is 7.86. The lowest BCUT2D eigenvalue weighted by molar-refractivity contribution is -0.123. The molecule has 0 spiro atoms. The zero-order chi connectivity index (χ0) is 12.6. The van der Waals surface area contributed by atoms with E-state index >= 15 is 0 Å². The van der Waals surface area contributed by atoms with E-state index in [-0.39, 0.29) is 11.3 Å². The van der Waals surface area contributed by atoms with Crippen LogP contribution in [0.15, 0.2) is 0 Å². The number of aromatic nitrogens is 1. The number of thiazole rings is 1. The number of carbonyl (C=O) groups is 1. The van der Waals surface area contributed by atoms with Crippen molar-refractivity contribution in [3.8, 4) is 0 Å². The third-order valence-corrected chi connectivity index (χ3v) is 4.12. The molecule has 0 aliphatic heterocycles. The fourth-order valence-electron chi connectivity index (χ4n) is 1.88. The second-order valence-corrected chi connectivity index (χ2v) is 7.02. The van der Waals surface area contributed by atoms with Gasteiger partial charge in [-0.15, -0.1) is 11.3 Å². The molecule has 1 atom stereocenters. The van der Waals surface area contributed by atoms with Crippen LogP contribution in [0, 0.1) is 11.3 Å². The molecule has 1 heterocycles. The van der Waals surface area contributed by atoms with Crippen molar-refractivity contribution in [2.75, 3.05) is 5.32 Å². The number of hydrogen-bond donors (Lipinski definition) is 1. The maximum Gasteiger partial charge on any atom is 0.231 e. The maximum absolute atomic E-state index is 11.9. The van der Waals surface area contributed by atoms with Gasteiger partial charge in [0.25, 0.3) is 0 Å². The Morgan fingerprint density at radius 1 is 1.47 bits per heavy atom. The lowest BCUT2D eigenvalue weighted by atomic mass is 9.93. The average molecular weight is 252 g/mol. The van der Waals surface area contributed by atoms with E-state index in [9.17, 15) is 4.79 Å². The van der Waals surface area contributed by atoms with E-state index in [1.807, 2.05) is 20.8 Å². The summed E-state index contributed by atoms with van der Waals surface area (Å²) < 4.78 is 0. The predicted molar refractivity (Wildman–Crippen MR) is 71.4 cm³/mol. The Kier molecular flexibility index (Phi) is 3.25. The summed E-state index contributed by atoms with van der Waals surface area (Å²) in [5, 5.41) is 3.69. The molecule has 0 fully saturated rings. The molecule has 4 heteroatoms. The largest absolute Gasteiger partial charge is 0.302 e. The Balaban J connectivity index is 2.11. The Bertz CT molecular complexity index is 431. The van der Waals surface area contributed by atoms with Crippen LogP contribution in [-0.4, -0.2) is 10.9 Å². The van der Waals surface area contributed by atoms with Crippen LogP contribution in [0.4, 0.5) is 5.13 Å². The van der Waals surface area contributed by atoms with Crippen LogP contribution in [0.2, 0.25) is 0 Å². The highest BCUT2D eigenvalue weighted by atomic mass is 32.1. The Labute approximate surface area is 107 Å². The number of carbonyl (C=O) groups excluding carboxylic acids is 1. The van der Waals surface area contributed by atoms with Crippen LogP contribution in [0.3, 0.4) is 0 Å². The van der Waals surface area contributed by atoms with Crippen molar-refractivity contribution >= 4 is 22.4 Å². The number of nitrogens with one attached hydrogen (secondary N) is 1. The van der Waals surface area contributed by atoms with E-state index in [4.69, 9.17) is 0 Å². The smallest absolute Gasteiger partial charge is 0.231 e. The number of aryl methyl sites for hydroxylation is 1. The molecule has 1 aromatic heterocycles. The summed E-state index contributed by atoms with van der Waals surface area (Å²) in [4.78, 5) is 17.7. The van der Waals surface area contributed by atoms with E-state index in [1.165, 1.54) is 17.0 Å². The third kappa shape index (κ3) is 2.86. The molecule has 3 nitrogen and oxygen atoms in total. The van der Waals surface area contributed by atoms with Gasteiger partial charge in [-0.05, 0) is 25.2 Å². The summed E-state index contributed by atoms with van der Waals surface area (Å²) >= 11 is 1.64. The zero-order valence-corrected chi connectivity index (χ0v) is 11.8. The molecule has 0 bridgehead atoms. The van der Waals surface area contributed by atoms with E-state index < -0.39 is 0 Å². The van der Waals surface area contributed by atoms with Gasteiger partial charge in [0.05, 0.1) is 5.69 Å². The molecule has 0 unspecified atom stereocenters. The second-order valence-electron chi connectivity index (χ2n) is 5.94. The van der Waals surface area contributed by atoms with Gasteiger partial charge in [-0.1, -0.05) is 27.7 Å².